The molecule has 8 aromatic carbocycles. The number of anilines is 3. The van der Waals surface area contributed by atoms with Crippen LogP contribution < -0.4 is 4.90 Å². The third-order valence-corrected chi connectivity index (χ3v) is 9.24. The van der Waals surface area contributed by atoms with E-state index in [0.29, 0.717) is 0 Å². The summed E-state index contributed by atoms with van der Waals surface area (Å²) in [5, 5.41) is 4.63. The summed E-state index contributed by atoms with van der Waals surface area (Å²) in [5.74, 6) is 0. The highest BCUT2D eigenvalue weighted by atomic mass is 16.3. The lowest BCUT2D eigenvalue weighted by molar-refractivity contribution is 0.670. The molecule has 0 spiro atoms. The normalized spacial score (nSPS) is 11.3. The predicted molar refractivity (Wildman–Crippen MR) is 202 cm³/mol. The average molecular weight is 614 g/mol. The standard InChI is InChI=1S/C46H31NO/c1-4-15-32(16-5-1)36-27-28-44(41(29-36)33-17-6-2-7-18-33)47(37-21-8-3-9-22-37)43-26-13-12-23-38(43)39-24-14-25-40-42-30-34-19-10-11-20-35(34)31-45(42)48-46(39)40/h1-31H. The molecular formula is C46H31NO. The van der Waals surface area contributed by atoms with Crippen molar-refractivity contribution in [1.82, 2.24) is 0 Å². The molecule has 0 aliphatic heterocycles. The second-order valence-corrected chi connectivity index (χ2v) is 12.1. The van der Waals surface area contributed by atoms with Crippen LogP contribution in [0.15, 0.2) is 192 Å². The van der Waals surface area contributed by atoms with Crippen molar-refractivity contribution in [2.24, 2.45) is 0 Å². The zero-order valence-electron chi connectivity index (χ0n) is 26.3. The maximum absolute atomic E-state index is 6.73. The lowest BCUT2D eigenvalue weighted by atomic mass is 9.95. The van der Waals surface area contributed by atoms with Crippen LogP contribution in [0.2, 0.25) is 0 Å². The summed E-state index contributed by atoms with van der Waals surface area (Å²) in [5.41, 5.74) is 11.9. The Kier molecular flexibility index (Phi) is 6.84. The van der Waals surface area contributed by atoms with Crippen molar-refractivity contribution in [1.29, 1.82) is 0 Å². The zero-order valence-corrected chi connectivity index (χ0v) is 26.3. The molecule has 2 nitrogen and oxygen atoms in total. The molecule has 0 saturated heterocycles. The third-order valence-electron chi connectivity index (χ3n) is 9.24. The largest absolute Gasteiger partial charge is 0.455 e. The van der Waals surface area contributed by atoms with E-state index in [-0.39, 0.29) is 0 Å². The summed E-state index contributed by atoms with van der Waals surface area (Å²) >= 11 is 0. The third kappa shape index (κ3) is 4.83. The number of fused-ring (bicyclic) bond motifs is 4. The summed E-state index contributed by atoms with van der Waals surface area (Å²) in [6.45, 7) is 0. The van der Waals surface area contributed by atoms with E-state index < -0.39 is 0 Å². The quantitative estimate of drug-likeness (QED) is 0.185. The van der Waals surface area contributed by atoms with Gasteiger partial charge in [-0.05, 0) is 69.9 Å². The molecule has 0 aliphatic carbocycles. The first-order valence-electron chi connectivity index (χ1n) is 16.4. The molecule has 48 heavy (non-hydrogen) atoms. The van der Waals surface area contributed by atoms with E-state index in [1.165, 1.54) is 21.9 Å². The van der Waals surface area contributed by atoms with Gasteiger partial charge in [0.05, 0.1) is 11.4 Å². The fraction of sp³-hybridized carbons (Fsp3) is 0. The number of rotatable bonds is 6. The SMILES string of the molecule is c1ccc(-c2ccc(N(c3ccccc3)c3ccccc3-c3cccc4c3oc3cc5ccccc5cc34)c(-c3ccccc3)c2)cc1. The van der Waals surface area contributed by atoms with Gasteiger partial charge in [0.15, 0.2) is 0 Å². The lowest BCUT2D eigenvalue weighted by Gasteiger charge is -2.30. The Morgan fingerprint density at radius 1 is 0.354 bits per heavy atom. The first-order chi connectivity index (χ1) is 23.8. The Balaban J connectivity index is 1.29. The Bertz CT molecular complexity index is 2550. The van der Waals surface area contributed by atoms with E-state index in [1.54, 1.807) is 0 Å². The summed E-state index contributed by atoms with van der Waals surface area (Å²) in [7, 11) is 0. The van der Waals surface area contributed by atoms with Crippen molar-refractivity contribution >= 4 is 49.8 Å². The van der Waals surface area contributed by atoms with Gasteiger partial charge in [-0.1, -0.05) is 146 Å². The molecule has 2 heteroatoms. The van der Waals surface area contributed by atoms with E-state index in [1.807, 2.05) is 0 Å². The minimum absolute atomic E-state index is 0.894. The van der Waals surface area contributed by atoms with Gasteiger partial charge >= 0.3 is 0 Å². The minimum atomic E-state index is 0.894. The minimum Gasteiger partial charge on any atom is -0.455 e. The van der Waals surface area contributed by atoms with E-state index in [0.717, 1.165) is 61.3 Å². The second kappa shape index (κ2) is 11.8. The monoisotopic (exact) mass is 613 g/mol. The van der Waals surface area contributed by atoms with Crippen LogP contribution >= 0.6 is 0 Å². The van der Waals surface area contributed by atoms with Gasteiger partial charge in [0.25, 0.3) is 0 Å². The molecule has 9 rings (SSSR count). The maximum atomic E-state index is 6.73. The van der Waals surface area contributed by atoms with E-state index >= 15 is 0 Å². The average Bonchev–Trinajstić information content (AvgIpc) is 3.53. The maximum Gasteiger partial charge on any atom is 0.143 e. The number of para-hydroxylation sites is 3. The van der Waals surface area contributed by atoms with Gasteiger partial charge in [-0.15, -0.1) is 0 Å². The molecule has 0 fully saturated rings. The molecular weight excluding hydrogens is 583 g/mol. The van der Waals surface area contributed by atoms with Gasteiger partial charge in [-0.3, -0.25) is 0 Å². The fourth-order valence-corrected chi connectivity index (χ4v) is 6.97. The summed E-state index contributed by atoms with van der Waals surface area (Å²) in [4.78, 5) is 2.39. The molecule has 0 unspecified atom stereocenters. The molecule has 0 N–H and O–H groups in total. The van der Waals surface area contributed by atoms with Crippen LogP contribution in [-0.4, -0.2) is 0 Å². The Hall–Kier alpha value is -6.38. The van der Waals surface area contributed by atoms with Gasteiger partial charge in [-0.25, -0.2) is 0 Å². The van der Waals surface area contributed by atoms with Crippen LogP contribution in [-0.2, 0) is 0 Å². The van der Waals surface area contributed by atoms with Crippen LogP contribution in [0.3, 0.4) is 0 Å². The number of hydrogen-bond acceptors (Lipinski definition) is 2. The lowest BCUT2D eigenvalue weighted by Crippen LogP contribution is -2.12. The number of furan rings is 1. The Morgan fingerprint density at radius 3 is 1.73 bits per heavy atom. The number of benzene rings is 8. The van der Waals surface area contributed by atoms with Crippen LogP contribution in [0.5, 0.6) is 0 Å². The van der Waals surface area contributed by atoms with E-state index in [2.05, 4.69) is 193 Å². The van der Waals surface area contributed by atoms with Gasteiger partial charge in [0.1, 0.15) is 11.2 Å². The van der Waals surface area contributed by atoms with Crippen molar-refractivity contribution < 1.29 is 4.42 Å². The highest BCUT2D eigenvalue weighted by Gasteiger charge is 2.23. The molecule has 226 valence electrons. The number of hydrogen-bond donors (Lipinski definition) is 0. The van der Waals surface area contributed by atoms with Crippen LogP contribution in [0, 0.1) is 0 Å². The molecule has 1 heterocycles. The smallest absolute Gasteiger partial charge is 0.143 e. The highest BCUT2D eigenvalue weighted by Crippen LogP contribution is 2.47. The molecule has 1 aromatic heterocycles. The van der Waals surface area contributed by atoms with Crippen molar-refractivity contribution in [2.75, 3.05) is 4.90 Å². The van der Waals surface area contributed by atoms with E-state index in [9.17, 15) is 0 Å². The molecule has 0 saturated carbocycles. The van der Waals surface area contributed by atoms with Crippen LogP contribution in [0.25, 0.3) is 66.1 Å². The zero-order chi connectivity index (χ0) is 31.9. The van der Waals surface area contributed by atoms with Gasteiger partial charge in [0.2, 0.25) is 0 Å². The van der Waals surface area contributed by atoms with E-state index in [4.69, 9.17) is 4.42 Å². The Morgan fingerprint density at radius 2 is 0.958 bits per heavy atom. The van der Waals surface area contributed by atoms with Gasteiger partial charge in [0, 0.05) is 33.2 Å². The Labute approximate surface area is 279 Å². The van der Waals surface area contributed by atoms with Crippen molar-refractivity contribution in [2.45, 2.75) is 0 Å². The topological polar surface area (TPSA) is 16.4 Å². The van der Waals surface area contributed by atoms with Crippen LogP contribution in [0.1, 0.15) is 0 Å². The fourth-order valence-electron chi connectivity index (χ4n) is 6.97. The van der Waals surface area contributed by atoms with Crippen molar-refractivity contribution in [3.05, 3.63) is 188 Å². The predicted octanol–water partition coefficient (Wildman–Crippen LogP) is 13.2. The molecule has 9 aromatic rings. The second-order valence-electron chi connectivity index (χ2n) is 12.1. The molecule has 0 radical (unpaired) electrons. The highest BCUT2D eigenvalue weighted by molar-refractivity contribution is 6.14. The van der Waals surface area contributed by atoms with Gasteiger partial charge in [-0.2, -0.15) is 0 Å². The molecule has 0 aliphatic rings. The van der Waals surface area contributed by atoms with Crippen molar-refractivity contribution in [3.63, 3.8) is 0 Å². The van der Waals surface area contributed by atoms with Crippen LogP contribution in [0.4, 0.5) is 17.1 Å². The summed E-state index contributed by atoms with van der Waals surface area (Å²) in [6, 6.07) is 66.8. The summed E-state index contributed by atoms with van der Waals surface area (Å²) in [6.07, 6.45) is 0. The number of nitrogens with zero attached hydrogens (tertiary/aromatic N) is 1. The van der Waals surface area contributed by atoms with Gasteiger partial charge < -0.3 is 9.32 Å². The summed E-state index contributed by atoms with van der Waals surface area (Å²) < 4.78 is 6.73. The first-order valence-corrected chi connectivity index (χ1v) is 16.4. The molecule has 0 atom stereocenters. The molecule has 0 amide bonds. The van der Waals surface area contributed by atoms with Crippen molar-refractivity contribution in [3.8, 4) is 33.4 Å². The molecule has 0 bridgehead atoms. The first kappa shape index (κ1) is 27.9.